The van der Waals surface area contributed by atoms with Gasteiger partial charge in [0.1, 0.15) is 5.82 Å². The SMILES string of the molecule is Cc1nc2cc(N)ccc2n1Cc1csc(=O)[nH]1. The van der Waals surface area contributed by atoms with Gasteiger partial charge in [-0.2, -0.15) is 0 Å². The number of H-pyrrole nitrogens is 1. The molecule has 0 bridgehead atoms. The molecule has 2 aromatic heterocycles. The number of hydrogen-bond acceptors (Lipinski definition) is 4. The van der Waals surface area contributed by atoms with E-state index in [4.69, 9.17) is 5.73 Å². The van der Waals surface area contributed by atoms with Gasteiger partial charge in [-0.05, 0) is 25.1 Å². The molecule has 0 fully saturated rings. The predicted molar refractivity (Wildman–Crippen MR) is 72.9 cm³/mol. The first-order chi connectivity index (χ1) is 8.63. The summed E-state index contributed by atoms with van der Waals surface area (Å²) in [5, 5.41) is 1.84. The fourth-order valence-corrected chi connectivity index (χ4v) is 2.60. The zero-order valence-corrected chi connectivity index (χ0v) is 10.6. The van der Waals surface area contributed by atoms with Crippen LogP contribution in [0.1, 0.15) is 11.5 Å². The van der Waals surface area contributed by atoms with E-state index < -0.39 is 0 Å². The van der Waals surface area contributed by atoms with Crippen LogP contribution in [0.3, 0.4) is 0 Å². The highest BCUT2D eigenvalue weighted by atomic mass is 32.1. The summed E-state index contributed by atoms with van der Waals surface area (Å²) in [4.78, 5) is 18.4. The van der Waals surface area contributed by atoms with Crippen LogP contribution >= 0.6 is 11.3 Å². The van der Waals surface area contributed by atoms with Gasteiger partial charge in [-0.25, -0.2) is 4.98 Å². The third kappa shape index (κ3) is 1.80. The molecule has 0 unspecified atom stereocenters. The molecule has 0 aliphatic rings. The lowest BCUT2D eigenvalue weighted by Crippen LogP contribution is -2.04. The molecule has 0 aliphatic carbocycles. The van der Waals surface area contributed by atoms with Gasteiger partial charge < -0.3 is 15.3 Å². The molecule has 3 N–H and O–H groups in total. The Morgan fingerprint density at radius 3 is 3.06 bits per heavy atom. The van der Waals surface area contributed by atoms with Crippen LogP contribution in [0.2, 0.25) is 0 Å². The van der Waals surface area contributed by atoms with Crippen LogP contribution in [0, 0.1) is 6.92 Å². The number of thiazole rings is 1. The van der Waals surface area contributed by atoms with Gasteiger partial charge in [0, 0.05) is 16.8 Å². The normalized spacial score (nSPS) is 11.2. The minimum atomic E-state index is -0.0312. The van der Waals surface area contributed by atoms with Crippen molar-refractivity contribution in [2.24, 2.45) is 0 Å². The maximum Gasteiger partial charge on any atom is 0.304 e. The summed E-state index contributed by atoms with van der Waals surface area (Å²) in [5.41, 5.74) is 9.24. The van der Waals surface area contributed by atoms with Gasteiger partial charge in [0.2, 0.25) is 0 Å². The first kappa shape index (κ1) is 11.0. The van der Waals surface area contributed by atoms with E-state index in [9.17, 15) is 4.79 Å². The topological polar surface area (TPSA) is 76.7 Å². The number of nitrogen functional groups attached to an aromatic ring is 1. The number of fused-ring (bicyclic) bond motifs is 1. The van der Waals surface area contributed by atoms with Gasteiger partial charge in [-0.1, -0.05) is 11.3 Å². The minimum Gasteiger partial charge on any atom is -0.399 e. The second-order valence-corrected chi connectivity index (χ2v) is 5.01. The molecule has 3 rings (SSSR count). The molecule has 5 nitrogen and oxygen atoms in total. The summed E-state index contributed by atoms with van der Waals surface area (Å²) in [7, 11) is 0. The van der Waals surface area contributed by atoms with Crippen molar-refractivity contribution in [3.63, 3.8) is 0 Å². The van der Waals surface area contributed by atoms with E-state index in [-0.39, 0.29) is 4.87 Å². The fourth-order valence-electron chi connectivity index (χ4n) is 2.03. The summed E-state index contributed by atoms with van der Waals surface area (Å²) in [6.45, 7) is 2.56. The third-order valence-corrected chi connectivity index (χ3v) is 3.58. The van der Waals surface area contributed by atoms with Crippen molar-refractivity contribution in [3.05, 3.63) is 44.8 Å². The summed E-state index contributed by atoms with van der Waals surface area (Å²) < 4.78 is 2.06. The van der Waals surface area contributed by atoms with E-state index in [1.54, 1.807) is 0 Å². The number of aromatic nitrogens is 3. The molecule has 18 heavy (non-hydrogen) atoms. The van der Waals surface area contributed by atoms with Crippen molar-refractivity contribution in [1.29, 1.82) is 0 Å². The van der Waals surface area contributed by atoms with Crippen molar-refractivity contribution < 1.29 is 0 Å². The number of nitrogens with two attached hydrogens (primary N) is 1. The van der Waals surface area contributed by atoms with Crippen LogP contribution in [0.5, 0.6) is 0 Å². The number of nitrogens with one attached hydrogen (secondary N) is 1. The number of hydrogen-bond donors (Lipinski definition) is 2. The Labute approximate surface area is 107 Å². The molecule has 0 atom stereocenters. The fraction of sp³-hybridized carbons (Fsp3) is 0.167. The molecule has 0 spiro atoms. The summed E-state index contributed by atoms with van der Waals surface area (Å²) in [6, 6.07) is 5.67. The number of aryl methyl sites for hydroxylation is 1. The molecule has 0 radical (unpaired) electrons. The van der Waals surface area contributed by atoms with Crippen LogP contribution in [-0.2, 0) is 6.54 Å². The van der Waals surface area contributed by atoms with Crippen molar-refractivity contribution in [2.45, 2.75) is 13.5 Å². The largest absolute Gasteiger partial charge is 0.399 e. The third-order valence-electron chi connectivity index (χ3n) is 2.86. The number of benzene rings is 1. The van der Waals surface area contributed by atoms with Crippen LogP contribution in [-0.4, -0.2) is 14.5 Å². The monoisotopic (exact) mass is 260 g/mol. The molecule has 0 amide bonds. The molecule has 1 aromatic carbocycles. The lowest BCUT2D eigenvalue weighted by Gasteiger charge is -2.04. The Kier molecular flexibility index (Phi) is 2.45. The molecule has 6 heteroatoms. The number of rotatable bonds is 2. The zero-order valence-electron chi connectivity index (χ0n) is 9.80. The van der Waals surface area contributed by atoms with Crippen molar-refractivity contribution in [1.82, 2.24) is 14.5 Å². The second-order valence-electron chi connectivity index (χ2n) is 4.17. The Hall–Kier alpha value is -2.08. The number of anilines is 1. The van der Waals surface area contributed by atoms with Crippen molar-refractivity contribution >= 4 is 28.1 Å². The average molecular weight is 260 g/mol. The molecule has 0 saturated carbocycles. The highest BCUT2D eigenvalue weighted by Gasteiger charge is 2.08. The van der Waals surface area contributed by atoms with Crippen LogP contribution < -0.4 is 10.6 Å². The summed E-state index contributed by atoms with van der Waals surface area (Å²) >= 11 is 1.18. The van der Waals surface area contributed by atoms with Gasteiger partial charge in [0.25, 0.3) is 0 Å². The molecule has 92 valence electrons. The molecule has 3 aromatic rings. The highest BCUT2D eigenvalue weighted by molar-refractivity contribution is 7.07. The Morgan fingerprint density at radius 1 is 1.50 bits per heavy atom. The van der Waals surface area contributed by atoms with Gasteiger partial charge in [0.15, 0.2) is 0 Å². The maximum absolute atomic E-state index is 11.1. The van der Waals surface area contributed by atoms with E-state index in [2.05, 4.69) is 14.5 Å². The second kappa shape index (κ2) is 3.99. The number of nitrogens with zero attached hydrogens (tertiary/aromatic N) is 2. The van der Waals surface area contributed by atoms with E-state index in [1.807, 2.05) is 30.5 Å². The minimum absolute atomic E-state index is 0.0312. The summed E-state index contributed by atoms with van der Waals surface area (Å²) in [6.07, 6.45) is 0. The van der Waals surface area contributed by atoms with Gasteiger partial charge in [0.05, 0.1) is 17.6 Å². The van der Waals surface area contributed by atoms with Gasteiger partial charge in [-0.3, -0.25) is 4.79 Å². The Morgan fingerprint density at radius 2 is 2.33 bits per heavy atom. The number of aromatic amines is 1. The van der Waals surface area contributed by atoms with Crippen molar-refractivity contribution in [2.75, 3.05) is 5.73 Å². The molecule has 0 aliphatic heterocycles. The van der Waals surface area contributed by atoms with E-state index in [1.165, 1.54) is 11.3 Å². The molecular formula is C12H12N4OS. The smallest absolute Gasteiger partial charge is 0.304 e. The first-order valence-corrected chi connectivity index (χ1v) is 6.40. The van der Waals surface area contributed by atoms with E-state index in [0.29, 0.717) is 12.2 Å². The van der Waals surface area contributed by atoms with E-state index >= 15 is 0 Å². The van der Waals surface area contributed by atoms with Crippen LogP contribution in [0.15, 0.2) is 28.4 Å². The molecular weight excluding hydrogens is 248 g/mol. The average Bonchev–Trinajstić information content (AvgIpc) is 2.84. The van der Waals surface area contributed by atoms with Gasteiger partial charge >= 0.3 is 4.87 Å². The predicted octanol–water partition coefficient (Wildman–Crippen LogP) is 1.73. The molecule has 2 heterocycles. The highest BCUT2D eigenvalue weighted by Crippen LogP contribution is 2.19. The maximum atomic E-state index is 11.1. The Balaban J connectivity index is 2.11. The Bertz CT molecular complexity index is 768. The van der Waals surface area contributed by atoms with Crippen molar-refractivity contribution in [3.8, 4) is 0 Å². The summed E-state index contributed by atoms with van der Waals surface area (Å²) in [5.74, 6) is 0.905. The van der Waals surface area contributed by atoms with Crippen LogP contribution in [0.4, 0.5) is 5.69 Å². The number of imidazole rings is 1. The molecule has 0 saturated heterocycles. The lowest BCUT2D eigenvalue weighted by atomic mass is 10.3. The zero-order chi connectivity index (χ0) is 12.7. The van der Waals surface area contributed by atoms with Gasteiger partial charge in [-0.15, -0.1) is 0 Å². The van der Waals surface area contributed by atoms with E-state index in [0.717, 1.165) is 22.6 Å². The quantitative estimate of drug-likeness (QED) is 0.689. The first-order valence-electron chi connectivity index (χ1n) is 5.52. The van der Waals surface area contributed by atoms with Crippen LogP contribution in [0.25, 0.3) is 11.0 Å². The standard InChI is InChI=1S/C12H12N4OS/c1-7-14-10-4-8(13)2-3-11(10)16(7)5-9-6-18-12(17)15-9/h2-4,6H,5,13H2,1H3,(H,15,17). The lowest BCUT2D eigenvalue weighted by molar-refractivity contribution is 0.767.